The number of hydrogen-bond donors (Lipinski definition) is 3. The predicted molar refractivity (Wildman–Crippen MR) is 39.4 cm³/mol. The maximum absolute atomic E-state index is 8.76. The molecule has 0 fully saturated rings. The summed E-state index contributed by atoms with van der Waals surface area (Å²) in [5, 5.41) is 6.80. The number of rotatable bonds is 1. The van der Waals surface area contributed by atoms with Crippen molar-refractivity contribution in [3.05, 3.63) is 6.39 Å². The average molecular weight is 198 g/mol. The highest BCUT2D eigenvalue weighted by atomic mass is 32.5. The Morgan fingerprint density at radius 2 is 2.18 bits per heavy atom. The van der Waals surface area contributed by atoms with E-state index in [1.54, 1.807) is 0 Å². The van der Waals surface area contributed by atoms with Crippen LogP contribution >= 0.6 is 6.72 Å². The molecule has 0 aliphatic heterocycles. The molecular weight excluding hydrogens is 191 g/mol. The van der Waals surface area contributed by atoms with E-state index in [2.05, 4.69) is 14.6 Å². The summed E-state index contributed by atoms with van der Waals surface area (Å²) in [5.41, 5.74) is 0. The fourth-order valence-electron chi connectivity index (χ4n) is 0.396. The molecule has 0 aliphatic carbocycles. The molecule has 0 saturated heterocycles. The van der Waals surface area contributed by atoms with Crippen molar-refractivity contribution in [2.75, 3.05) is 6.26 Å². The van der Waals surface area contributed by atoms with E-state index in [4.69, 9.17) is 14.7 Å². The molecule has 64 valence electrons. The summed E-state index contributed by atoms with van der Waals surface area (Å²) in [4.78, 5) is 26.3. The molecule has 0 spiro atoms. The average Bonchev–Trinajstić information content (AvgIpc) is 2.34. The Kier molecular flexibility index (Phi) is 2.46. The van der Waals surface area contributed by atoms with Crippen LogP contribution in [0.2, 0.25) is 0 Å². The summed E-state index contributed by atoms with van der Waals surface area (Å²) in [7, 11) is -1.18. The van der Waals surface area contributed by atoms with Crippen LogP contribution in [0.3, 0.4) is 0 Å². The van der Waals surface area contributed by atoms with Gasteiger partial charge in [0.15, 0.2) is 0 Å². The SMILES string of the molecule is CS(c1nnco1)=P(O)(O)O. The first-order chi connectivity index (χ1) is 5.02. The van der Waals surface area contributed by atoms with Crippen LogP contribution in [0.1, 0.15) is 0 Å². The van der Waals surface area contributed by atoms with Crippen LogP contribution in [0.5, 0.6) is 0 Å². The van der Waals surface area contributed by atoms with Crippen molar-refractivity contribution in [1.29, 1.82) is 0 Å². The molecule has 3 N–H and O–H groups in total. The van der Waals surface area contributed by atoms with Gasteiger partial charge in [0.1, 0.15) is 0 Å². The van der Waals surface area contributed by atoms with Crippen molar-refractivity contribution < 1.29 is 19.1 Å². The highest BCUT2D eigenvalue weighted by Gasteiger charge is 2.13. The van der Waals surface area contributed by atoms with E-state index in [9.17, 15) is 0 Å². The smallest absolute Gasteiger partial charge is 0.285 e. The predicted octanol–water partition coefficient (Wildman–Crippen LogP) is -0.669. The van der Waals surface area contributed by atoms with Gasteiger partial charge in [-0.2, -0.15) is 0 Å². The van der Waals surface area contributed by atoms with Gasteiger partial charge in [-0.15, -0.1) is 10.2 Å². The van der Waals surface area contributed by atoms with Crippen LogP contribution in [0.25, 0.3) is 0 Å². The van der Waals surface area contributed by atoms with Crippen molar-refractivity contribution >= 4 is 16.8 Å². The van der Waals surface area contributed by atoms with Crippen LogP contribution in [-0.4, -0.2) is 31.1 Å². The van der Waals surface area contributed by atoms with Gasteiger partial charge in [0, 0.05) is 0 Å². The maximum atomic E-state index is 8.76. The fraction of sp³-hybridized carbons (Fsp3) is 0.333. The minimum Gasteiger partial charge on any atom is -0.419 e. The third kappa shape index (κ3) is 2.11. The number of hydrogen-bond acceptors (Lipinski definition) is 3. The fourth-order valence-corrected chi connectivity index (χ4v) is 1.82. The Morgan fingerprint density at radius 1 is 1.55 bits per heavy atom. The summed E-state index contributed by atoms with van der Waals surface area (Å²) in [5.74, 6) is 0. The molecular formula is C3H7N2O4PS. The second kappa shape index (κ2) is 3.04. The second-order valence-corrected chi connectivity index (χ2v) is 7.14. The number of aromatic nitrogens is 2. The van der Waals surface area contributed by atoms with Gasteiger partial charge in [0.25, 0.3) is 11.9 Å². The zero-order valence-corrected chi connectivity index (χ0v) is 7.29. The van der Waals surface area contributed by atoms with Crippen LogP contribution in [0.4, 0.5) is 0 Å². The molecule has 1 unspecified atom stereocenters. The van der Waals surface area contributed by atoms with Crippen molar-refractivity contribution in [3.8, 4) is 0 Å². The minimum absolute atomic E-state index is 0.0471. The third-order valence-corrected chi connectivity index (χ3v) is 5.05. The van der Waals surface area contributed by atoms with Gasteiger partial charge in [-0.3, -0.25) is 0 Å². The van der Waals surface area contributed by atoms with E-state index >= 15 is 0 Å². The summed E-state index contributed by atoms with van der Waals surface area (Å²) in [6, 6.07) is 0. The van der Waals surface area contributed by atoms with Gasteiger partial charge in [-0.25, -0.2) is 0 Å². The molecule has 1 rings (SSSR count). The minimum atomic E-state index is -3.86. The van der Waals surface area contributed by atoms with Gasteiger partial charge < -0.3 is 19.1 Å². The van der Waals surface area contributed by atoms with Crippen molar-refractivity contribution in [2.45, 2.75) is 5.22 Å². The molecule has 0 aliphatic rings. The molecule has 1 atom stereocenters. The monoisotopic (exact) mass is 198 g/mol. The lowest BCUT2D eigenvalue weighted by molar-refractivity contribution is 0.361. The third-order valence-electron chi connectivity index (χ3n) is 0.960. The molecule has 0 aromatic carbocycles. The van der Waals surface area contributed by atoms with E-state index in [0.717, 1.165) is 6.39 Å². The highest BCUT2D eigenvalue weighted by Crippen LogP contribution is 2.37. The zero-order chi connectivity index (χ0) is 8.48. The Balaban J connectivity index is 3.15. The van der Waals surface area contributed by atoms with Crippen molar-refractivity contribution in [1.82, 2.24) is 10.2 Å². The molecule has 1 aromatic heterocycles. The van der Waals surface area contributed by atoms with Crippen LogP contribution in [0, 0.1) is 0 Å². The highest BCUT2D eigenvalue weighted by molar-refractivity contribution is 8.26. The van der Waals surface area contributed by atoms with Gasteiger partial charge in [-0.1, -0.05) is 0 Å². The molecule has 11 heavy (non-hydrogen) atoms. The maximum Gasteiger partial charge on any atom is 0.285 e. The lowest BCUT2D eigenvalue weighted by atomic mass is 11.5. The Bertz CT molecular complexity index is 282. The van der Waals surface area contributed by atoms with E-state index < -0.39 is 16.8 Å². The Hall–Kier alpha value is -0.200. The van der Waals surface area contributed by atoms with Crippen LogP contribution in [0.15, 0.2) is 16.0 Å². The topological polar surface area (TPSA) is 99.6 Å². The summed E-state index contributed by atoms with van der Waals surface area (Å²) < 4.78 is 4.66. The molecule has 0 radical (unpaired) electrons. The number of nitrogens with zero attached hydrogens (tertiary/aromatic N) is 2. The largest absolute Gasteiger partial charge is 0.419 e. The van der Waals surface area contributed by atoms with E-state index in [1.165, 1.54) is 6.26 Å². The first kappa shape index (κ1) is 8.89. The lowest BCUT2D eigenvalue weighted by Crippen LogP contribution is -1.92. The molecule has 0 bridgehead atoms. The molecule has 0 amide bonds. The molecule has 8 heteroatoms. The molecule has 1 heterocycles. The molecule has 0 saturated carbocycles. The van der Waals surface area contributed by atoms with Gasteiger partial charge >= 0.3 is 0 Å². The summed E-state index contributed by atoms with van der Waals surface area (Å²) in [6.07, 6.45) is 2.48. The van der Waals surface area contributed by atoms with E-state index in [0.29, 0.717) is 0 Å². The second-order valence-electron chi connectivity index (χ2n) is 1.70. The van der Waals surface area contributed by atoms with E-state index in [1.807, 2.05) is 0 Å². The van der Waals surface area contributed by atoms with Crippen molar-refractivity contribution in [3.63, 3.8) is 0 Å². The Labute approximate surface area is 64.7 Å². The van der Waals surface area contributed by atoms with Crippen molar-refractivity contribution in [2.24, 2.45) is 0 Å². The summed E-state index contributed by atoms with van der Waals surface area (Å²) in [6.45, 7) is -3.86. The van der Waals surface area contributed by atoms with Crippen LogP contribution in [-0.2, 0) is 10.1 Å². The van der Waals surface area contributed by atoms with Gasteiger partial charge in [0.2, 0.25) is 6.39 Å². The zero-order valence-electron chi connectivity index (χ0n) is 5.58. The molecule has 1 aromatic rings. The first-order valence-electron chi connectivity index (χ1n) is 2.52. The first-order valence-corrected chi connectivity index (χ1v) is 6.40. The standard InChI is InChI=1S/C3H7N2O4PS/c1-11(10(6,7)8)3-5-4-2-9-3/h2,6-8H,1H3. The molecule has 6 nitrogen and oxygen atoms in total. The van der Waals surface area contributed by atoms with Gasteiger partial charge in [-0.05, 0) is 16.3 Å². The summed E-state index contributed by atoms with van der Waals surface area (Å²) >= 11 is 0. The quantitative estimate of drug-likeness (QED) is 0.517. The van der Waals surface area contributed by atoms with Crippen LogP contribution < -0.4 is 0 Å². The van der Waals surface area contributed by atoms with Gasteiger partial charge in [0.05, 0.1) is 0 Å². The normalized spacial score (nSPS) is 14.9. The Morgan fingerprint density at radius 3 is 2.55 bits per heavy atom. The van der Waals surface area contributed by atoms with E-state index in [-0.39, 0.29) is 5.22 Å². The lowest BCUT2D eigenvalue weighted by Gasteiger charge is -2.05.